The van der Waals surface area contributed by atoms with Crippen molar-refractivity contribution in [1.82, 2.24) is 0 Å². The quantitative estimate of drug-likeness (QED) is 0.261. The molecule has 3 saturated carbocycles. The zero-order valence-corrected chi connectivity index (χ0v) is 15.4. The maximum Gasteiger partial charge on any atom is 0.342 e. The molecule has 3 aliphatic carbocycles. The first kappa shape index (κ1) is 18.2. The van der Waals surface area contributed by atoms with Gasteiger partial charge in [-0.05, 0) is 74.0 Å². The van der Waals surface area contributed by atoms with Gasteiger partial charge >= 0.3 is 5.97 Å². The van der Waals surface area contributed by atoms with Crippen molar-refractivity contribution < 1.29 is 14.9 Å². The van der Waals surface area contributed by atoms with Crippen molar-refractivity contribution >= 4 is 5.97 Å². The van der Waals surface area contributed by atoms with Crippen LogP contribution in [0.25, 0.3) is 0 Å². The number of unbranched alkanes of at least 4 members (excludes halogenated alkanes) is 4. The van der Waals surface area contributed by atoms with Gasteiger partial charge in [0.1, 0.15) is 0 Å². The second-order valence-electron chi connectivity index (χ2n) is 8.92. The fourth-order valence-electron chi connectivity index (χ4n) is 4.97. The van der Waals surface area contributed by atoms with Crippen molar-refractivity contribution in [2.75, 3.05) is 0 Å². The summed E-state index contributed by atoms with van der Waals surface area (Å²) in [5.74, 6) is 6.03. The van der Waals surface area contributed by atoms with Gasteiger partial charge in [0.05, 0.1) is 0 Å². The lowest BCUT2D eigenvalue weighted by Crippen LogP contribution is -1.99. The second kappa shape index (κ2) is 8.69. The van der Waals surface area contributed by atoms with Gasteiger partial charge in [0.2, 0.25) is 0 Å². The van der Waals surface area contributed by atoms with Gasteiger partial charge in [-0.15, -0.1) is 0 Å². The molecule has 3 fully saturated rings. The average Bonchev–Trinajstić information content (AvgIpc) is 3.48. The first-order chi connectivity index (χ1) is 11.7. The van der Waals surface area contributed by atoms with Crippen molar-refractivity contribution in [3.8, 4) is 0 Å². The van der Waals surface area contributed by atoms with Gasteiger partial charge in [0.15, 0.2) is 0 Å². The number of hydrogen-bond donors (Lipinski definition) is 1. The standard InChI is InChI=1S/C21H36O3/c1-2-15-10-17(15)12-19-14-20(19)13-18-11-16(18)8-6-4-3-5-7-9-21(22)24-23/h15-20,23H,2-14H2,1H3. The fourth-order valence-corrected chi connectivity index (χ4v) is 4.97. The molecule has 1 N–H and O–H groups in total. The average molecular weight is 337 g/mol. The molecule has 0 saturated heterocycles. The molecule has 6 atom stereocenters. The molecule has 0 aliphatic heterocycles. The summed E-state index contributed by atoms with van der Waals surface area (Å²) in [4.78, 5) is 14.4. The Balaban J connectivity index is 1.12. The summed E-state index contributed by atoms with van der Waals surface area (Å²) >= 11 is 0. The Kier molecular flexibility index (Phi) is 6.60. The molecule has 0 aromatic heterocycles. The predicted octanol–water partition coefficient (Wildman–Crippen LogP) is 5.83. The van der Waals surface area contributed by atoms with Gasteiger partial charge in [-0.3, -0.25) is 0 Å². The number of carbonyl (C=O) groups is 1. The van der Waals surface area contributed by atoms with Crippen LogP contribution in [0.1, 0.15) is 90.4 Å². The van der Waals surface area contributed by atoms with Crippen LogP contribution in [0, 0.1) is 35.5 Å². The third kappa shape index (κ3) is 5.75. The van der Waals surface area contributed by atoms with E-state index in [9.17, 15) is 4.79 Å². The Morgan fingerprint density at radius 2 is 1.38 bits per heavy atom. The smallest absolute Gasteiger partial charge is 0.301 e. The van der Waals surface area contributed by atoms with E-state index in [0.717, 1.165) is 48.3 Å². The first-order valence-electron chi connectivity index (χ1n) is 10.6. The van der Waals surface area contributed by atoms with E-state index in [4.69, 9.17) is 5.26 Å². The Morgan fingerprint density at radius 3 is 2.04 bits per heavy atom. The van der Waals surface area contributed by atoms with Crippen LogP contribution in [-0.2, 0) is 9.68 Å². The summed E-state index contributed by atoms with van der Waals surface area (Å²) in [7, 11) is 0. The number of hydrogen-bond acceptors (Lipinski definition) is 3. The third-order valence-corrected chi connectivity index (χ3v) is 7.00. The van der Waals surface area contributed by atoms with Crippen LogP contribution in [0.5, 0.6) is 0 Å². The van der Waals surface area contributed by atoms with E-state index in [1.807, 2.05) is 0 Å². The zero-order chi connectivity index (χ0) is 16.9. The summed E-state index contributed by atoms with van der Waals surface area (Å²) in [5, 5.41) is 8.17. The number of rotatable bonds is 13. The van der Waals surface area contributed by atoms with E-state index in [1.165, 1.54) is 44.9 Å². The molecule has 0 aromatic carbocycles. The van der Waals surface area contributed by atoms with Crippen molar-refractivity contribution in [1.29, 1.82) is 0 Å². The van der Waals surface area contributed by atoms with Crippen LogP contribution >= 0.6 is 0 Å². The minimum Gasteiger partial charge on any atom is -0.301 e. The molecule has 0 aromatic rings. The Bertz CT molecular complexity index is 408. The highest BCUT2D eigenvalue weighted by Crippen LogP contribution is 2.58. The molecule has 0 spiro atoms. The second-order valence-corrected chi connectivity index (χ2v) is 8.92. The van der Waals surface area contributed by atoms with Crippen LogP contribution in [0.4, 0.5) is 0 Å². The van der Waals surface area contributed by atoms with E-state index >= 15 is 0 Å². The van der Waals surface area contributed by atoms with Gasteiger partial charge < -0.3 is 4.89 Å². The molecule has 0 heterocycles. The molecular formula is C21H36O3. The van der Waals surface area contributed by atoms with E-state index in [2.05, 4.69) is 11.8 Å². The zero-order valence-electron chi connectivity index (χ0n) is 15.4. The highest BCUT2D eigenvalue weighted by atomic mass is 17.1. The highest BCUT2D eigenvalue weighted by Gasteiger charge is 2.48. The largest absolute Gasteiger partial charge is 0.342 e. The van der Waals surface area contributed by atoms with E-state index in [0.29, 0.717) is 6.42 Å². The first-order valence-corrected chi connectivity index (χ1v) is 10.6. The van der Waals surface area contributed by atoms with E-state index in [-0.39, 0.29) is 0 Å². The van der Waals surface area contributed by atoms with Gasteiger partial charge in [-0.2, -0.15) is 5.26 Å². The van der Waals surface area contributed by atoms with Gasteiger partial charge in [-0.1, -0.05) is 45.4 Å². The van der Waals surface area contributed by atoms with Crippen LogP contribution in [0.2, 0.25) is 0 Å². The Labute approximate surface area is 147 Å². The van der Waals surface area contributed by atoms with Crippen LogP contribution < -0.4 is 0 Å². The molecular weight excluding hydrogens is 300 g/mol. The topological polar surface area (TPSA) is 46.5 Å². The van der Waals surface area contributed by atoms with E-state index in [1.54, 1.807) is 19.3 Å². The number of carbonyl (C=O) groups excluding carboxylic acids is 1. The lowest BCUT2D eigenvalue weighted by Gasteiger charge is -2.02. The van der Waals surface area contributed by atoms with Gasteiger partial charge in [-0.25, -0.2) is 4.79 Å². The summed E-state index contributed by atoms with van der Waals surface area (Å²) in [6.45, 7) is 2.35. The molecule has 0 radical (unpaired) electrons. The van der Waals surface area contributed by atoms with Crippen molar-refractivity contribution in [3.05, 3.63) is 0 Å². The van der Waals surface area contributed by atoms with Crippen LogP contribution in [-0.4, -0.2) is 11.2 Å². The minimum atomic E-state index is -0.499. The third-order valence-electron chi connectivity index (χ3n) is 7.00. The van der Waals surface area contributed by atoms with Crippen molar-refractivity contribution in [2.24, 2.45) is 35.5 Å². The van der Waals surface area contributed by atoms with Crippen molar-refractivity contribution in [2.45, 2.75) is 90.4 Å². The molecule has 3 rings (SSSR count). The molecule has 6 unspecified atom stereocenters. The van der Waals surface area contributed by atoms with Gasteiger partial charge in [0.25, 0.3) is 0 Å². The predicted molar refractivity (Wildman–Crippen MR) is 95.4 cm³/mol. The normalized spacial score (nSPS) is 36.4. The summed E-state index contributed by atoms with van der Waals surface area (Å²) in [6.07, 6.45) is 16.7. The molecule has 0 amide bonds. The highest BCUT2D eigenvalue weighted by molar-refractivity contribution is 5.68. The molecule has 3 aliphatic rings. The Hall–Kier alpha value is -0.570. The summed E-state index contributed by atoms with van der Waals surface area (Å²) in [5.41, 5.74) is 0. The maximum atomic E-state index is 10.8. The fraction of sp³-hybridized carbons (Fsp3) is 0.952. The van der Waals surface area contributed by atoms with Crippen LogP contribution in [0.15, 0.2) is 0 Å². The lowest BCUT2D eigenvalue weighted by molar-refractivity contribution is -0.234. The SMILES string of the molecule is CCC1CC1CC1CC1CC1CC1CCCCCCCC(=O)OO. The van der Waals surface area contributed by atoms with Crippen molar-refractivity contribution in [3.63, 3.8) is 0 Å². The monoisotopic (exact) mass is 336 g/mol. The van der Waals surface area contributed by atoms with Crippen LogP contribution in [0.3, 0.4) is 0 Å². The van der Waals surface area contributed by atoms with E-state index < -0.39 is 5.97 Å². The summed E-state index contributed by atoms with van der Waals surface area (Å²) < 4.78 is 0. The molecule has 24 heavy (non-hydrogen) atoms. The lowest BCUT2D eigenvalue weighted by atomic mass is 10.0. The molecule has 0 bridgehead atoms. The maximum absolute atomic E-state index is 10.8. The van der Waals surface area contributed by atoms with Gasteiger partial charge in [0, 0.05) is 6.42 Å². The minimum absolute atomic E-state index is 0.351. The Morgan fingerprint density at radius 1 is 0.833 bits per heavy atom. The molecule has 138 valence electrons. The molecule has 3 nitrogen and oxygen atoms in total. The summed E-state index contributed by atoms with van der Waals surface area (Å²) in [6, 6.07) is 0. The molecule has 3 heteroatoms.